The molecule has 2 aromatic carbocycles. The first-order valence-electron chi connectivity index (χ1n) is 20.3. The molecule has 0 aliphatic carbocycles. The number of hydrogen-bond donors (Lipinski definition) is 11. The molecule has 0 saturated carbocycles. The maximum absolute atomic E-state index is 13.9. The Kier molecular flexibility index (Phi) is 19.6. The zero-order chi connectivity index (χ0) is 47.6. The van der Waals surface area contributed by atoms with Gasteiger partial charge in [-0.25, -0.2) is 0 Å². The molecule has 0 spiro atoms. The number of fused-ring (bicyclic) bond motifs is 2. The van der Waals surface area contributed by atoms with Crippen molar-refractivity contribution in [3.8, 4) is 0 Å². The molecule has 24 heteroatoms. The molecule has 2 aliphatic heterocycles. The number of anilines is 1. The number of primary amides is 1. The Balaban J connectivity index is 0.000000732. The first kappa shape index (κ1) is 51.0. The summed E-state index contributed by atoms with van der Waals surface area (Å²) in [5, 5.41) is 32.3. The summed E-state index contributed by atoms with van der Waals surface area (Å²) < 4.78 is 6.16. The predicted octanol–water partition coefficient (Wildman–Crippen LogP) is -0.924. The van der Waals surface area contributed by atoms with Gasteiger partial charge in [0.25, 0.3) is 0 Å². The fourth-order valence-corrected chi connectivity index (χ4v) is 8.76. The zero-order valence-electron chi connectivity index (χ0n) is 35.5. The van der Waals surface area contributed by atoms with E-state index in [4.69, 9.17) is 21.6 Å². The van der Waals surface area contributed by atoms with E-state index in [-0.39, 0.29) is 43.3 Å². The van der Waals surface area contributed by atoms with Crippen LogP contribution in [0.5, 0.6) is 0 Å². The number of nitrogens with zero attached hydrogens (tertiary/aromatic N) is 1. The fraction of sp³-hybridized carbons (Fsp3) is 0.415. The summed E-state index contributed by atoms with van der Waals surface area (Å²) in [4.78, 5) is 118. The van der Waals surface area contributed by atoms with Crippen LogP contribution in [0, 0.1) is 5.41 Å². The molecule has 350 valence electrons. The highest BCUT2D eigenvalue weighted by Crippen LogP contribution is 2.27. The quantitative estimate of drug-likeness (QED) is 0.0507. The van der Waals surface area contributed by atoms with Crippen LogP contribution in [-0.4, -0.2) is 142 Å². The number of rotatable bonds is 10. The van der Waals surface area contributed by atoms with Gasteiger partial charge in [-0.3, -0.25) is 43.8 Å². The smallest absolute Gasteiger partial charge is 0.305 e. The molecule has 3 heterocycles. The van der Waals surface area contributed by atoms with E-state index in [0.717, 1.165) is 38.5 Å². The van der Waals surface area contributed by atoms with Crippen molar-refractivity contribution in [2.24, 2.45) is 11.5 Å². The summed E-state index contributed by atoms with van der Waals surface area (Å²) in [6.45, 7) is 0.646. The first-order valence-corrected chi connectivity index (χ1v) is 22.8. The average Bonchev–Trinajstić information content (AvgIpc) is 3.90. The SMILES string of the molecule is CC1NC(=O)C(CC(=O)O)NC(=O)CNC(=O)C(CC=O)NC(=O)CCSSCC(C(N)=O)NC(=O)C2CC(OCc3c[nH]c4ccccc34)CN2C1=O.CNc1ccc(C(=N)N)cc1. The summed E-state index contributed by atoms with van der Waals surface area (Å²) in [6, 6.07) is 8.30. The van der Waals surface area contributed by atoms with Gasteiger partial charge in [-0.05, 0) is 37.3 Å². The lowest BCUT2D eigenvalue weighted by Crippen LogP contribution is -2.58. The number of aromatic amines is 1. The number of nitrogens with one attached hydrogen (secondary N) is 8. The lowest BCUT2D eigenvalue weighted by atomic mass is 10.1. The van der Waals surface area contributed by atoms with Crippen molar-refractivity contribution in [1.29, 1.82) is 5.41 Å². The minimum atomic E-state index is -1.69. The number of aldehydes is 1. The Morgan fingerprint density at radius 1 is 0.938 bits per heavy atom. The standard InChI is InChI=1S/C33H42N8O11S2.C8H11N3/c1-17-33(51)41-14-19(52-15-18-12-35-21-5-3-2-4-20(18)21)10-25(41)32(50)40-24(29(34)47)16-54-53-9-7-26(43)38-22(6-8-42)30(48)36-13-27(44)39-23(11-28(45)46)31(49)37-17;1-11-7-4-2-6(3-5-7)8(9)10/h2-5,8,12,17,19,22-25,35H,6-7,9-11,13-16H2,1H3,(H2,34,47)(H,36,48)(H,37,49)(H,38,43)(H,39,44)(H,40,50)(H,45,46);2-5,11H,1H3,(H3,9,10). The van der Waals surface area contributed by atoms with Gasteiger partial charge in [0.2, 0.25) is 41.4 Å². The maximum atomic E-state index is 13.9. The van der Waals surface area contributed by atoms with Crippen molar-refractivity contribution in [1.82, 2.24) is 36.5 Å². The van der Waals surface area contributed by atoms with Crippen LogP contribution in [-0.2, 0) is 54.5 Å². The van der Waals surface area contributed by atoms with E-state index in [0.29, 0.717) is 6.29 Å². The van der Waals surface area contributed by atoms with Crippen molar-refractivity contribution in [3.63, 3.8) is 0 Å². The number of hydrogen-bond acceptors (Lipinski definition) is 14. The highest BCUT2D eigenvalue weighted by atomic mass is 33.1. The molecule has 13 N–H and O–H groups in total. The number of carboxylic acids is 1. The molecule has 6 atom stereocenters. The molecular formula is C41H53N11O11S2. The van der Waals surface area contributed by atoms with Crippen LogP contribution in [0.3, 0.4) is 0 Å². The summed E-state index contributed by atoms with van der Waals surface area (Å²) in [5.74, 6) is -6.92. The second-order valence-corrected chi connectivity index (χ2v) is 17.4. The van der Waals surface area contributed by atoms with Crippen molar-refractivity contribution >= 4 is 97.6 Å². The molecule has 6 unspecified atom stereocenters. The molecule has 65 heavy (non-hydrogen) atoms. The number of H-pyrrole nitrogens is 1. The number of aromatic nitrogens is 1. The molecule has 2 saturated heterocycles. The number of nitrogen functional groups attached to an aromatic ring is 1. The van der Waals surface area contributed by atoms with E-state index < -0.39 is 103 Å². The minimum Gasteiger partial charge on any atom is -0.481 e. The van der Waals surface area contributed by atoms with Crippen LogP contribution in [0.15, 0.2) is 54.7 Å². The lowest BCUT2D eigenvalue weighted by molar-refractivity contribution is -0.143. The Hall–Kier alpha value is -6.66. The highest BCUT2D eigenvalue weighted by Gasteiger charge is 2.43. The van der Waals surface area contributed by atoms with Gasteiger partial charge in [-0.15, -0.1) is 0 Å². The minimum absolute atomic E-state index is 0.00312. The molecule has 0 bridgehead atoms. The van der Waals surface area contributed by atoms with Gasteiger partial charge in [-0.2, -0.15) is 0 Å². The molecule has 2 aliphatic rings. The van der Waals surface area contributed by atoms with E-state index in [1.165, 1.54) is 22.6 Å². The summed E-state index contributed by atoms with van der Waals surface area (Å²) in [7, 11) is 4.18. The second-order valence-electron chi connectivity index (χ2n) is 14.8. The highest BCUT2D eigenvalue weighted by molar-refractivity contribution is 8.76. The Morgan fingerprint density at radius 3 is 2.31 bits per heavy atom. The molecule has 3 aromatic rings. The number of carbonyl (C=O) groups is 9. The van der Waals surface area contributed by atoms with E-state index in [1.54, 1.807) is 6.20 Å². The van der Waals surface area contributed by atoms with Crippen LogP contribution >= 0.6 is 21.6 Å². The summed E-state index contributed by atoms with van der Waals surface area (Å²) in [6.07, 6.45) is 0.170. The van der Waals surface area contributed by atoms with Crippen LogP contribution in [0.4, 0.5) is 5.69 Å². The first-order chi connectivity index (χ1) is 31.0. The number of nitrogens with two attached hydrogens (primary N) is 2. The Morgan fingerprint density at radius 2 is 1.65 bits per heavy atom. The number of carboxylic acid groups (broad SMARTS) is 1. The van der Waals surface area contributed by atoms with Crippen LogP contribution < -0.4 is 43.4 Å². The number of aliphatic carboxylic acids is 1. The average molecular weight is 940 g/mol. The van der Waals surface area contributed by atoms with Crippen LogP contribution in [0.1, 0.15) is 43.7 Å². The van der Waals surface area contributed by atoms with Crippen molar-refractivity contribution in [3.05, 3.63) is 65.9 Å². The largest absolute Gasteiger partial charge is 0.481 e. The Bertz CT molecular complexity index is 2230. The van der Waals surface area contributed by atoms with Crippen molar-refractivity contribution in [2.45, 2.75) is 75.5 Å². The third kappa shape index (κ3) is 15.5. The van der Waals surface area contributed by atoms with Crippen LogP contribution in [0.2, 0.25) is 0 Å². The predicted molar refractivity (Wildman–Crippen MR) is 242 cm³/mol. The number of para-hydroxylation sites is 1. The van der Waals surface area contributed by atoms with E-state index >= 15 is 0 Å². The van der Waals surface area contributed by atoms with Crippen LogP contribution in [0.25, 0.3) is 10.9 Å². The molecule has 22 nitrogen and oxygen atoms in total. The van der Waals surface area contributed by atoms with E-state index in [1.807, 2.05) is 55.6 Å². The third-order valence-electron chi connectivity index (χ3n) is 10.0. The molecule has 1 aromatic heterocycles. The Labute approximate surface area is 381 Å². The van der Waals surface area contributed by atoms with Gasteiger partial charge in [-0.1, -0.05) is 39.8 Å². The topological polar surface area (TPSA) is 350 Å². The monoisotopic (exact) mass is 939 g/mol. The number of benzene rings is 2. The maximum Gasteiger partial charge on any atom is 0.305 e. The van der Waals surface area contributed by atoms with E-state index in [9.17, 15) is 48.3 Å². The van der Waals surface area contributed by atoms with Gasteiger partial charge in [0, 0.05) is 78.3 Å². The molecule has 7 amide bonds. The van der Waals surface area contributed by atoms with Gasteiger partial charge in [0.15, 0.2) is 0 Å². The van der Waals surface area contributed by atoms with Gasteiger partial charge < -0.3 is 67.9 Å². The van der Waals surface area contributed by atoms with E-state index in [2.05, 4.69) is 36.9 Å². The molecular weight excluding hydrogens is 887 g/mol. The molecule has 0 radical (unpaired) electrons. The number of amidine groups is 1. The van der Waals surface area contributed by atoms with Gasteiger partial charge >= 0.3 is 5.97 Å². The lowest BCUT2D eigenvalue weighted by Gasteiger charge is -2.28. The molecule has 5 rings (SSSR count). The van der Waals surface area contributed by atoms with Crippen molar-refractivity contribution < 1.29 is 53.0 Å². The zero-order valence-corrected chi connectivity index (χ0v) is 37.2. The van der Waals surface area contributed by atoms with Gasteiger partial charge in [0.05, 0.1) is 25.7 Å². The number of ether oxygens (including phenoxy) is 1. The number of carbonyl (C=O) groups excluding carboxylic acids is 8. The normalized spacial score (nSPS) is 23.0. The van der Waals surface area contributed by atoms with Gasteiger partial charge in [0.1, 0.15) is 42.3 Å². The second kappa shape index (κ2) is 25.0. The summed E-state index contributed by atoms with van der Waals surface area (Å²) in [5.41, 5.74) is 14.4. The number of amides is 7. The molecule has 2 fully saturated rings. The third-order valence-corrected chi connectivity index (χ3v) is 12.5. The summed E-state index contributed by atoms with van der Waals surface area (Å²) >= 11 is 0. The fourth-order valence-electron chi connectivity index (χ4n) is 6.60. The van der Waals surface area contributed by atoms with Crippen molar-refractivity contribution in [2.75, 3.05) is 37.0 Å².